The Labute approximate surface area is 110 Å². The van der Waals surface area contributed by atoms with Crippen LogP contribution >= 0.6 is 0 Å². The Balaban J connectivity index is 3.60. The Morgan fingerprint density at radius 3 is 2.22 bits per heavy atom. The first-order chi connectivity index (χ1) is 8.65. The number of nitrogens with two attached hydrogens (primary N) is 1. The number of unbranched alkanes of at least 4 members (excludes halogenated alkanes) is 3. The van der Waals surface area contributed by atoms with E-state index < -0.39 is 0 Å². The highest BCUT2D eigenvalue weighted by Gasteiger charge is 2.10. The van der Waals surface area contributed by atoms with E-state index in [0.717, 1.165) is 25.7 Å². The van der Waals surface area contributed by atoms with Crippen LogP contribution in [0, 0.1) is 0 Å². The molecule has 0 aromatic carbocycles. The molecule has 18 heavy (non-hydrogen) atoms. The summed E-state index contributed by atoms with van der Waals surface area (Å²) >= 11 is 0. The third-order valence-corrected chi connectivity index (χ3v) is 2.91. The van der Waals surface area contributed by atoms with E-state index in [1.54, 1.807) is 4.90 Å². The third kappa shape index (κ3) is 8.06. The monoisotopic (exact) mass is 257 g/mol. The lowest BCUT2D eigenvalue weighted by Gasteiger charge is -2.18. The van der Waals surface area contributed by atoms with Crippen molar-refractivity contribution >= 4 is 11.8 Å². The van der Waals surface area contributed by atoms with E-state index in [0.29, 0.717) is 26.1 Å². The van der Waals surface area contributed by atoms with E-state index >= 15 is 0 Å². The van der Waals surface area contributed by atoms with Crippen molar-refractivity contribution in [2.75, 3.05) is 26.2 Å². The fraction of sp³-hybridized carbons (Fsp3) is 0.846. The molecule has 0 radical (unpaired) electrons. The van der Waals surface area contributed by atoms with Crippen molar-refractivity contribution in [3.05, 3.63) is 0 Å². The van der Waals surface area contributed by atoms with Crippen molar-refractivity contribution in [3.63, 3.8) is 0 Å². The fourth-order valence-corrected chi connectivity index (χ4v) is 1.73. The van der Waals surface area contributed by atoms with Gasteiger partial charge in [0.05, 0.1) is 6.54 Å². The van der Waals surface area contributed by atoms with Crippen LogP contribution in [0.4, 0.5) is 0 Å². The number of carbonyl (C=O) groups is 2. The summed E-state index contributed by atoms with van der Waals surface area (Å²) in [7, 11) is 0. The number of amides is 2. The lowest BCUT2D eigenvalue weighted by atomic mass is 10.1. The molecule has 0 atom stereocenters. The highest BCUT2D eigenvalue weighted by molar-refractivity contribution is 5.84. The maximum absolute atomic E-state index is 11.6. The molecule has 2 amide bonds. The second-order valence-corrected chi connectivity index (χ2v) is 4.30. The van der Waals surface area contributed by atoms with Gasteiger partial charge in [0.25, 0.3) is 0 Å². The summed E-state index contributed by atoms with van der Waals surface area (Å²) in [5.41, 5.74) is 5.38. The summed E-state index contributed by atoms with van der Waals surface area (Å²) in [6.07, 6.45) is 4.47. The molecule has 0 unspecified atom stereocenters. The quantitative estimate of drug-likeness (QED) is 0.570. The van der Waals surface area contributed by atoms with Crippen LogP contribution in [-0.4, -0.2) is 42.9 Å². The van der Waals surface area contributed by atoms with Crippen molar-refractivity contribution in [3.8, 4) is 0 Å². The summed E-state index contributed by atoms with van der Waals surface area (Å²) in [6.45, 7) is 6.06. The van der Waals surface area contributed by atoms with Gasteiger partial charge < -0.3 is 16.0 Å². The standard InChI is InChI=1S/C13H27N3O2/c1-3-16(4-2)13(18)11-15-12(17)9-7-5-6-8-10-14/h3-11,14H2,1-2H3,(H,15,17). The maximum Gasteiger partial charge on any atom is 0.241 e. The molecule has 0 aliphatic carbocycles. The molecule has 0 saturated heterocycles. The number of nitrogens with zero attached hydrogens (tertiary/aromatic N) is 1. The first kappa shape index (κ1) is 16.9. The minimum atomic E-state index is -0.0387. The van der Waals surface area contributed by atoms with E-state index in [2.05, 4.69) is 5.32 Å². The first-order valence-corrected chi connectivity index (χ1v) is 6.90. The Bertz CT molecular complexity index is 240. The number of hydrogen-bond acceptors (Lipinski definition) is 3. The molecular weight excluding hydrogens is 230 g/mol. The van der Waals surface area contributed by atoms with E-state index in [9.17, 15) is 9.59 Å². The van der Waals surface area contributed by atoms with Gasteiger partial charge in [-0.05, 0) is 33.2 Å². The molecule has 5 nitrogen and oxygen atoms in total. The molecule has 0 fully saturated rings. The van der Waals surface area contributed by atoms with Gasteiger partial charge in [0.2, 0.25) is 11.8 Å². The predicted octanol–water partition coefficient (Wildman–Crippen LogP) is 0.880. The molecule has 0 heterocycles. The smallest absolute Gasteiger partial charge is 0.241 e. The Hall–Kier alpha value is -1.10. The minimum Gasteiger partial charge on any atom is -0.347 e. The van der Waals surface area contributed by atoms with E-state index in [1.165, 1.54) is 0 Å². The number of likely N-dealkylation sites (N-methyl/N-ethyl adjacent to an activating group) is 1. The van der Waals surface area contributed by atoms with Crippen LogP contribution in [0.2, 0.25) is 0 Å². The van der Waals surface area contributed by atoms with Crippen molar-refractivity contribution in [1.29, 1.82) is 0 Å². The van der Waals surface area contributed by atoms with Crippen LogP contribution in [-0.2, 0) is 9.59 Å². The van der Waals surface area contributed by atoms with Crippen LogP contribution in [0.15, 0.2) is 0 Å². The lowest BCUT2D eigenvalue weighted by molar-refractivity contribution is -0.132. The molecule has 0 aliphatic rings. The number of hydrogen-bond donors (Lipinski definition) is 2. The Morgan fingerprint density at radius 2 is 1.67 bits per heavy atom. The van der Waals surface area contributed by atoms with E-state index in [1.807, 2.05) is 13.8 Å². The Kier molecular flexibility index (Phi) is 10.3. The highest BCUT2D eigenvalue weighted by atomic mass is 16.2. The van der Waals surface area contributed by atoms with Gasteiger partial charge in [-0.15, -0.1) is 0 Å². The zero-order chi connectivity index (χ0) is 13.8. The van der Waals surface area contributed by atoms with E-state index in [4.69, 9.17) is 5.73 Å². The van der Waals surface area contributed by atoms with Gasteiger partial charge in [0.15, 0.2) is 0 Å². The SMILES string of the molecule is CCN(CC)C(=O)CNC(=O)CCCCCCN. The zero-order valence-electron chi connectivity index (χ0n) is 11.7. The normalized spacial score (nSPS) is 10.2. The number of nitrogens with one attached hydrogen (secondary N) is 1. The minimum absolute atomic E-state index is 0.0171. The molecule has 3 N–H and O–H groups in total. The largest absolute Gasteiger partial charge is 0.347 e. The summed E-state index contributed by atoms with van der Waals surface area (Å²) in [5.74, 6) is -0.0558. The number of rotatable bonds is 10. The zero-order valence-corrected chi connectivity index (χ0v) is 11.7. The summed E-state index contributed by atoms with van der Waals surface area (Å²) in [5, 5.41) is 2.67. The van der Waals surface area contributed by atoms with Gasteiger partial charge in [-0.2, -0.15) is 0 Å². The van der Waals surface area contributed by atoms with Crippen molar-refractivity contribution in [2.24, 2.45) is 5.73 Å². The molecule has 0 bridgehead atoms. The fourth-order valence-electron chi connectivity index (χ4n) is 1.73. The maximum atomic E-state index is 11.6. The third-order valence-electron chi connectivity index (χ3n) is 2.91. The van der Waals surface area contributed by atoms with Gasteiger partial charge in [0.1, 0.15) is 0 Å². The Morgan fingerprint density at radius 1 is 1.06 bits per heavy atom. The van der Waals surface area contributed by atoms with Crippen LogP contribution < -0.4 is 11.1 Å². The molecule has 0 rings (SSSR count). The summed E-state index contributed by atoms with van der Waals surface area (Å²) < 4.78 is 0. The lowest BCUT2D eigenvalue weighted by Crippen LogP contribution is -2.39. The van der Waals surface area contributed by atoms with Crippen molar-refractivity contribution in [1.82, 2.24) is 10.2 Å². The van der Waals surface area contributed by atoms with Gasteiger partial charge in [0, 0.05) is 19.5 Å². The van der Waals surface area contributed by atoms with Crippen molar-refractivity contribution in [2.45, 2.75) is 46.0 Å². The predicted molar refractivity (Wildman–Crippen MR) is 73.1 cm³/mol. The molecule has 0 aromatic heterocycles. The van der Waals surface area contributed by atoms with Gasteiger partial charge in [-0.1, -0.05) is 12.8 Å². The first-order valence-electron chi connectivity index (χ1n) is 6.90. The van der Waals surface area contributed by atoms with Gasteiger partial charge >= 0.3 is 0 Å². The topological polar surface area (TPSA) is 75.4 Å². The molecular formula is C13H27N3O2. The number of carbonyl (C=O) groups excluding carboxylic acids is 2. The average molecular weight is 257 g/mol. The second kappa shape index (κ2) is 11.0. The molecule has 0 aromatic rings. The van der Waals surface area contributed by atoms with Crippen LogP contribution in [0.3, 0.4) is 0 Å². The summed E-state index contributed by atoms with van der Waals surface area (Å²) in [6, 6.07) is 0. The van der Waals surface area contributed by atoms with Gasteiger partial charge in [-0.25, -0.2) is 0 Å². The average Bonchev–Trinajstić information content (AvgIpc) is 2.37. The molecule has 106 valence electrons. The van der Waals surface area contributed by atoms with Crippen LogP contribution in [0.1, 0.15) is 46.0 Å². The second-order valence-electron chi connectivity index (χ2n) is 4.30. The van der Waals surface area contributed by atoms with Gasteiger partial charge in [-0.3, -0.25) is 9.59 Å². The molecule has 0 saturated carbocycles. The molecule has 0 aliphatic heterocycles. The molecule has 5 heteroatoms. The molecule has 0 spiro atoms. The van der Waals surface area contributed by atoms with E-state index in [-0.39, 0.29) is 18.4 Å². The summed E-state index contributed by atoms with van der Waals surface area (Å²) in [4.78, 5) is 24.8. The highest BCUT2D eigenvalue weighted by Crippen LogP contribution is 2.01. The van der Waals surface area contributed by atoms with Crippen LogP contribution in [0.5, 0.6) is 0 Å². The van der Waals surface area contributed by atoms with Crippen LogP contribution in [0.25, 0.3) is 0 Å². The van der Waals surface area contributed by atoms with Crippen molar-refractivity contribution < 1.29 is 9.59 Å².